The first kappa shape index (κ1) is 25.2. The molecule has 0 saturated carbocycles. The summed E-state index contributed by atoms with van der Waals surface area (Å²) in [6.45, 7) is 19.7. The van der Waals surface area contributed by atoms with Gasteiger partial charge >= 0.3 is 6.09 Å². The van der Waals surface area contributed by atoms with Crippen molar-refractivity contribution in [2.45, 2.75) is 78.2 Å². The molecule has 1 atom stereocenters. The first-order valence-electron chi connectivity index (χ1n) is 10.2. The van der Waals surface area contributed by atoms with Crippen LogP contribution in [0.5, 0.6) is 5.75 Å². The lowest BCUT2D eigenvalue weighted by Gasteiger charge is -2.36. The number of rotatable bonds is 8. The molecule has 0 fully saturated rings. The summed E-state index contributed by atoms with van der Waals surface area (Å²) in [5.74, 6) is 0.798. The van der Waals surface area contributed by atoms with E-state index in [9.17, 15) is 4.79 Å². The molecule has 0 spiro atoms. The number of para-hydroxylation sites is 1. The van der Waals surface area contributed by atoms with Gasteiger partial charge < -0.3 is 19.2 Å². The summed E-state index contributed by atoms with van der Waals surface area (Å²) in [6.07, 6.45) is 3.44. The smallest absolute Gasteiger partial charge is 0.408 e. The fourth-order valence-corrected chi connectivity index (χ4v) is 3.23. The fraction of sp³-hybridized carbons (Fsp3) is 0.609. The predicted molar refractivity (Wildman–Crippen MR) is 123 cm³/mol. The largest absolute Gasteiger partial charge is 0.491 e. The van der Waals surface area contributed by atoms with Crippen molar-refractivity contribution in [3.63, 3.8) is 0 Å². The minimum atomic E-state index is -1.77. The molecule has 0 aliphatic carbocycles. The summed E-state index contributed by atoms with van der Waals surface area (Å²) in [5.41, 5.74) is 0.443. The van der Waals surface area contributed by atoms with Gasteiger partial charge in [0.05, 0.1) is 6.61 Å². The van der Waals surface area contributed by atoms with Gasteiger partial charge in [-0.05, 0) is 51.9 Å². The van der Waals surface area contributed by atoms with Crippen molar-refractivity contribution >= 4 is 20.5 Å². The van der Waals surface area contributed by atoms with Gasteiger partial charge in [-0.3, -0.25) is 0 Å². The van der Waals surface area contributed by atoms with E-state index in [2.05, 4.69) is 39.2 Å². The standard InChI is InChI=1S/C23H39NO4Si/c1-18(24-21(25)28-22(2,3)4)14-15-19-12-10-11-13-20(19)26-16-17-27-29(8,9)23(5,6)7/h10-15,18H,16-17H2,1-9H3,(H,24,25)/t18-/m1/s1. The third-order valence-corrected chi connectivity index (χ3v) is 9.38. The van der Waals surface area contributed by atoms with E-state index in [-0.39, 0.29) is 11.1 Å². The van der Waals surface area contributed by atoms with E-state index in [1.165, 1.54) is 0 Å². The molecule has 1 aromatic carbocycles. The first-order valence-corrected chi connectivity index (χ1v) is 13.2. The van der Waals surface area contributed by atoms with Gasteiger partial charge in [-0.1, -0.05) is 51.1 Å². The van der Waals surface area contributed by atoms with Gasteiger partial charge in [0.1, 0.15) is 18.0 Å². The molecule has 0 aromatic heterocycles. The second kappa shape index (κ2) is 10.3. The van der Waals surface area contributed by atoms with Crippen LogP contribution in [0.1, 0.15) is 54.0 Å². The van der Waals surface area contributed by atoms with E-state index in [0.717, 1.165) is 11.3 Å². The van der Waals surface area contributed by atoms with Crippen molar-refractivity contribution < 1.29 is 18.7 Å². The molecule has 0 radical (unpaired) electrons. The number of hydrogen-bond donors (Lipinski definition) is 1. The lowest BCUT2D eigenvalue weighted by Crippen LogP contribution is -2.41. The lowest BCUT2D eigenvalue weighted by molar-refractivity contribution is 0.0518. The zero-order valence-electron chi connectivity index (χ0n) is 19.6. The Morgan fingerprint density at radius 1 is 1.10 bits per heavy atom. The molecule has 0 saturated heterocycles. The first-order chi connectivity index (χ1) is 13.2. The molecule has 1 rings (SSSR count). The maximum absolute atomic E-state index is 11.9. The molecule has 0 bridgehead atoms. The Bertz CT molecular complexity index is 687. The Hall–Kier alpha value is -1.79. The third kappa shape index (κ3) is 9.50. The number of hydrogen-bond acceptors (Lipinski definition) is 4. The average Bonchev–Trinajstić information content (AvgIpc) is 2.55. The van der Waals surface area contributed by atoms with Crippen LogP contribution in [0.3, 0.4) is 0 Å². The maximum atomic E-state index is 11.9. The molecule has 0 aliphatic rings. The third-order valence-electron chi connectivity index (χ3n) is 4.84. The van der Waals surface area contributed by atoms with Crippen molar-refractivity contribution in [2.75, 3.05) is 13.2 Å². The zero-order valence-corrected chi connectivity index (χ0v) is 20.6. The van der Waals surface area contributed by atoms with Gasteiger partial charge in [0.2, 0.25) is 0 Å². The van der Waals surface area contributed by atoms with Crippen LogP contribution in [0.2, 0.25) is 18.1 Å². The highest BCUT2D eigenvalue weighted by atomic mass is 28.4. The van der Waals surface area contributed by atoms with Crippen molar-refractivity contribution in [1.29, 1.82) is 0 Å². The van der Waals surface area contributed by atoms with Crippen LogP contribution >= 0.6 is 0 Å². The van der Waals surface area contributed by atoms with E-state index in [1.807, 2.05) is 64.1 Å². The van der Waals surface area contributed by atoms with Gasteiger partial charge in [0.25, 0.3) is 0 Å². The van der Waals surface area contributed by atoms with Crippen molar-refractivity contribution in [1.82, 2.24) is 5.32 Å². The van der Waals surface area contributed by atoms with Crippen LogP contribution in [0.25, 0.3) is 6.08 Å². The Balaban J connectivity index is 2.61. The van der Waals surface area contributed by atoms with Gasteiger partial charge in [0, 0.05) is 11.6 Å². The summed E-state index contributed by atoms with van der Waals surface area (Å²) in [7, 11) is -1.77. The fourth-order valence-electron chi connectivity index (χ4n) is 2.20. The highest BCUT2D eigenvalue weighted by Crippen LogP contribution is 2.36. The SMILES string of the molecule is C[C@H](C=Cc1ccccc1OCCO[Si](C)(C)C(C)(C)C)NC(=O)OC(C)(C)C. The average molecular weight is 422 g/mol. The second-order valence-electron chi connectivity index (χ2n) is 9.79. The molecular formula is C23H39NO4Si. The highest BCUT2D eigenvalue weighted by Gasteiger charge is 2.36. The second-order valence-corrected chi connectivity index (χ2v) is 14.6. The van der Waals surface area contributed by atoms with Crippen molar-refractivity contribution in [2.24, 2.45) is 0 Å². The van der Waals surface area contributed by atoms with Crippen molar-refractivity contribution in [3.05, 3.63) is 35.9 Å². The molecule has 1 N–H and O–H groups in total. The minimum Gasteiger partial charge on any atom is -0.491 e. The number of alkyl carbamates (subject to hydrolysis) is 1. The van der Waals surface area contributed by atoms with Crippen LogP contribution in [0.4, 0.5) is 4.79 Å². The Morgan fingerprint density at radius 2 is 1.72 bits per heavy atom. The Kier molecular flexibility index (Phi) is 8.97. The highest BCUT2D eigenvalue weighted by molar-refractivity contribution is 6.74. The monoisotopic (exact) mass is 421 g/mol. The van der Waals surface area contributed by atoms with Crippen LogP contribution in [-0.2, 0) is 9.16 Å². The molecule has 1 amide bonds. The number of carbonyl (C=O) groups is 1. The molecule has 6 heteroatoms. The summed E-state index contributed by atoms with van der Waals surface area (Å²) < 4.78 is 17.4. The van der Waals surface area contributed by atoms with Crippen LogP contribution < -0.4 is 10.1 Å². The minimum absolute atomic E-state index is 0.167. The van der Waals surface area contributed by atoms with E-state index in [0.29, 0.717) is 13.2 Å². The van der Waals surface area contributed by atoms with Gasteiger partial charge in [0.15, 0.2) is 8.32 Å². The zero-order chi connectivity index (χ0) is 22.3. The van der Waals surface area contributed by atoms with E-state index < -0.39 is 20.0 Å². The topological polar surface area (TPSA) is 56.8 Å². The quantitative estimate of drug-likeness (QED) is 0.412. The molecule has 0 heterocycles. The number of benzene rings is 1. The Labute approximate surface area is 178 Å². The molecule has 164 valence electrons. The van der Waals surface area contributed by atoms with Gasteiger partial charge in [-0.2, -0.15) is 0 Å². The summed E-state index contributed by atoms with van der Waals surface area (Å²) >= 11 is 0. The van der Waals surface area contributed by atoms with Crippen LogP contribution in [0.15, 0.2) is 30.3 Å². The van der Waals surface area contributed by atoms with E-state index in [1.54, 1.807) is 0 Å². The molecular weight excluding hydrogens is 382 g/mol. The molecule has 0 aliphatic heterocycles. The summed E-state index contributed by atoms with van der Waals surface area (Å²) in [4.78, 5) is 11.9. The normalized spacial score (nSPS) is 14.0. The summed E-state index contributed by atoms with van der Waals surface area (Å²) in [5, 5.41) is 2.99. The number of amides is 1. The molecule has 29 heavy (non-hydrogen) atoms. The molecule has 1 aromatic rings. The predicted octanol–water partition coefficient (Wildman–Crippen LogP) is 6.01. The van der Waals surface area contributed by atoms with Crippen molar-refractivity contribution in [3.8, 4) is 5.75 Å². The van der Waals surface area contributed by atoms with E-state index in [4.69, 9.17) is 13.9 Å². The van der Waals surface area contributed by atoms with Crippen LogP contribution in [-0.4, -0.2) is 39.3 Å². The molecule has 0 unspecified atom stereocenters. The van der Waals surface area contributed by atoms with Crippen LogP contribution in [0, 0.1) is 0 Å². The number of carbonyl (C=O) groups excluding carboxylic acids is 1. The number of ether oxygens (including phenoxy) is 2. The van der Waals surface area contributed by atoms with E-state index >= 15 is 0 Å². The summed E-state index contributed by atoms with van der Waals surface area (Å²) in [6, 6.07) is 7.67. The van der Waals surface area contributed by atoms with Gasteiger partial charge in [-0.15, -0.1) is 0 Å². The number of nitrogens with one attached hydrogen (secondary N) is 1. The maximum Gasteiger partial charge on any atom is 0.408 e. The lowest BCUT2D eigenvalue weighted by atomic mass is 10.1. The molecule has 5 nitrogen and oxygen atoms in total. The Morgan fingerprint density at radius 3 is 2.31 bits per heavy atom. The van der Waals surface area contributed by atoms with Gasteiger partial charge in [-0.25, -0.2) is 4.79 Å².